The maximum Gasteiger partial charge on any atom is 0.293 e. The van der Waals surface area contributed by atoms with Gasteiger partial charge in [0, 0.05) is 12.1 Å². The molecule has 0 saturated heterocycles. The molecule has 0 bridgehead atoms. The van der Waals surface area contributed by atoms with Gasteiger partial charge in [-0.2, -0.15) is 0 Å². The molecule has 0 aromatic heterocycles. The maximum absolute atomic E-state index is 12.8. The number of hydrogen-bond acceptors (Lipinski definition) is 6. The van der Waals surface area contributed by atoms with E-state index < -0.39 is 16.9 Å². The average molecular weight is 441 g/mol. The summed E-state index contributed by atoms with van der Waals surface area (Å²) in [5.74, 6) is -0.141. The van der Waals surface area contributed by atoms with E-state index in [2.05, 4.69) is 10.6 Å². The van der Waals surface area contributed by atoms with Crippen LogP contribution in [0.15, 0.2) is 42.5 Å². The average Bonchev–Trinajstić information content (AvgIpc) is 2.78. The van der Waals surface area contributed by atoms with Crippen molar-refractivity contribution in [2.45, 2.75) is 45.8 Å². The number of benzene rings is 2. The summed E-state index contributed by atoms with van der Waals surface area (Å²) in [6.07, 6.45) is 0.854. The summed E-state index contributed by atoms with van der Waals surface area (Å²) in [7, 11) is 0. The van der Waals surface area contributed by atoms with Crippen molar-refractivity contribution in [3.63, 3.8) is 0 Å². The normalized spacial score (nSPS) is 15.0. The van der Waals surface area contributed by atoms with Crippen LogP contribution in [0.3, 0.4) is 0 Å². The van der Waals surface area contributed by atoms with Gasteiger partial charge < -0.3 is 20.3 Å². The van der Waals surface area contributed by atoms with Crippen molar-refractivity contribution < 1.29 is 19.2 Å². The van der Waals surface area contributed by atoms with Gasteiger partial charge in [-0.3, -0.25) is 19.7 Å². The highest BCUT2D eigenvalue weighted by Crippen LogP contribution is 2.33. The lowest BCUT2D eigenvalue weighted by molar-refractivity contribution is -0.384. The lowest BCUT2D eigenvalue weighted by Gasteiger charge is -2.35. The van der Waals surface area contributed by atoms with E-state index in [1.54, 1.807) is 30.0 Å². The molecule has 0 radical (unpaired) electrons. The standard InChI is InChI=1S/C23H28N4O5/c1-4-16(5-2)24-23(29)21-13-26(18-8-6-7-9-20(18)32-21)14-22(28)25-17-11-10-15(3)12-19(17)27(30)31/h6-12,16,21H,4-5,13-14H2,1-3H3,(H,24,29)(H,25,28). The molecular formula is C23H28N4O5. The Labute approximate surface area is 186 Å². The van der Waals surface area contributed by atoms with E-state index in [1.165, 1.54) is 12.1 Å². The predicted molar refractivity (Wildman–Crippen MR) is 122 cm³/mol. The van der Waals surface area contributed by atoms with Crippen molar-refractivity contribution in [1.29, 1.82) is 0 Å². The van der Waals surface area contributed by atoms with E-state index in [9.17, 15) is 19.7 Å². The number of para-hydroxylation sites is 2. The number of nitrogens with one attached hydrogen (secondary N) is 2. The fourth-order valence-electron chi connectivity index (χ4n) is 3.64. The Kier molecular flexibility index (Phi) is 7.29. The zero-order valence-electron chi connectivity index (χ0n) is 18.5. The third kappa shape index (κ3) is 5.35. The summed E-state index contributed by atoms with van der Waals surface area (Å²) in [4.78, 5) is 38.1. The Morgan fingerprint density at radius 3 is 2.62 bits per heavy atom. The summed E-state index contributed by atoms with van der Waals surface area (Å²) in [6.45, 7) is 5.86. The number of amides is 2. The number of nitro benzene ring substituents is 1. The molecule has 1 heterocycles. The summed E-state index contributed by atoms with van der Waals surface area (Å²) < 4.78 is 5.90. The van der Waals surface area contributed by atoms with Crippen LogP contribution in [0, 0.1) is 17.0 Å². The summed E-state index contributed by atoms with van der Waals surface area (Å²) >= 11 is 0. The zero-order valence-corrected chi connectivity index (χ0v) is 18.5. The van der Waals surface area contributed by atoms with Crippen molar-refractivity contribution in [1.82, 2.24) is 5.32 Å². The van der Waals surface area contributed by atoms with Crippen molar-refractivity contribution in [2.75, 3.05) is 23.3 Å². The van der Waals surface area contributed by atoms with Crippen LogP contribution in [0.2, 0.25) is 0 Å². The number of carbonyl (C=O) groups is 2. The molecule has 2 N–H and O–H groups in total. The van der Waals surface area contributed by atoms with Crippen molar-refractivity contribution in [3.8, 4) is 5.75 Å². The second kappa shape index (κ2) is 10.1. The van der Waals surface area contributed by atoms with Gasteiger partial charge in [-0.25, -0.2) is 0 Å². The van der Waals surface area contributed by atoms with Crippen LogP contribution in [-0.4, -0.2) is 42.0 Å². The van der Waals surface area contributed by atoms with Crippen LogP contribution in [0.5, 0.6) is 5.75 Å². The number of fused-ring (bicyclic) bond motifs is 1. The van der Waals surface area contributed by atoms with Crippen LogP contribution in [0.1, 0.15) is 32.3 Å². The van der Waals surface area contributed by atoms with E-state index in [0.717, 1.165) is 18.4 Å². The SMILES string of the molecule is CCC(CC)NC(=O)C1CN(CC(=O)Nc2ccc(C)cc2[N+](=O)[O-])c2ccccc2O1. The van der Waals surface area contributed by atoms with Crippen LogP contribution in [-0.2, 0) is 9.59 Å². The molecule has 9 heteroatoms. The molecule has 2 aromatic rings. The van der Waals surface area contributed by atoms with Gasteiger partial charge in [0.2, 0.25) is 5.91 Å². The number of rotatable bonds is 8. The van der Waals surface area contributed by atoms with Crippen molar-refractivity contribution in [2.24, 2.45) is 0 Å². The number of ether oxygens (including phenoxy) is 1. The second-order valence-corrected chi connectivity index (χ2v) is 7.80. The molecule has 1 aliphatic heterocycles. The van der Waals surface area contributed by atoms with E-state index >= 15 is 0 Å². The number of nitro groups is 1. The number of nitrogens with zero attached hydrogens (tertiary/aromatic N) is 2. The largest absolute Gasteiger partial charge is 0.477 e. The first kappa shape index (κ1) is 23.1. The summed E-state index contributed by atoms with van der Waals surface area (Å²) in [5, 5.41) is 17.0. The summed E-state index contributed by atoms with van der Waals surface area (Å²) in [5.41, 5.74) is 1.38. The number of aryl methyl sites for hydroxylation is 1. The fourth-order valence-corrected chi connectivity index (χ4v) is 3.64. The van der Waals surface area contributed by atoms with Crippen LogP contribution >= 0.6 is 0 Å². The lowest BCUT2D eigenvalue weighted by atomic mass is 10.1. The quantitative estimate of drug-likeness (QED) is 0.480. The smallest absolute Gasteiger partial charge is 0.293 e. The number of anilines is 2. The number of hydrogen-bond donors (Lipinski definition) is 2. The highest BCUT2D eigenvalue weighted by atomic mass is 16.6. The highest BCUT2D eigenvalue weighted by Gasteiger charge is 2.32. The second-order valence-electron chi connectivity index (χ2n) is 7.80. The molecule has 1 aliphatic rings. The molecule has 32 heavy (non-hydrogen) atoms. The van der Waals surface area contributed by atoms with E-state index in [1.807, 2.05) is 26.0 Å². The van der Waals surface area contributed by atoms with Gasteiger partial charge in [-0.1, -0.05) is 32.0 Å². The molecule has 3 rings (SSSR count). The number of carbonyl (C=O) groups excluding carboxylic acids is 2. The molecule has 1 unspecified atom stereocenters. The van der Waals surface area contributed by atoms with Gasteiger partial charge in [0.1, 0.15) is 11.4 Å². The van der Waals surface area contributed by atoms with Crippen LogP contribution in [0.25, 0.3) is 0 Å². The first-order valence-corrected chi connectivity index (χ1v) is 10.7. The molecular weight excluding hydrogens is 412 g/mol. The third-order valence-corrected chi connectivity index (χ3v) is 5.44. The molecule has 9 nitrogen and oxygen atoms in total. The molecule has 0 saturated carbocycles. The predicted octanol–water partition coefficient (Wildman–Crippen LogP) is 3.41. The van der Waals surface area contributed by atoms with Gasteiger partial charge in [0.25, 0.3) is 11.6 Å². The Morgan fingerprint density at radius 1 is 1.22 bits per heavy atom. The Balaban J connectivity index is 1.77. The highest BCUT2D eigenvalue weighted by molar-refractivity contribution is 5.96. The Morgan fingerprint density at radius 2 is 1.94 bits per heavy atom. The van der Waals surface area contributed by atoms with Gasteiger partial charge in [0.15, 0.2) is 6.10 Å². The van der Waals surface area contributed by atoms with E-state index in [-0.39, 0.29) is 36.4 Å². The van der Waals surface area contributed by atoms with Crippen LogP contribution in [0.4, 0.5) is 17.1 Å². The van der Waals surface area contributed by atoms with Crippen molar-refractivity contribution >= 4 is 28.9 Å². The minimum atomic E-state index is -0.771. The minimum absolute atomic E-state index is 0.0575. The van der Waals surface area contributed by atoms with Gasteiger partial charge >= 0.3 is 0 Å². The molecule has 2 aromatic carbocycles. The van der Waals surface area contributed by atoms with E-state index in [0.29, 0.717) is 11.4 Å². The zero-order chi connectivity index (χ0) is 23.3. The topological polar surface area (TPSA) is 114 Å². The Hall–Kier alpha value is -3.62. The van der Waals surface area contributed by atoms with Crippen LogP contribution < -0.4 is 20.3 Å². The van der Waals surface area contributed by atoms with Crippen molar-refractivity contribution in [3.05, 3.63) is 58.1 Å². The lowest BCUT2D eigenvalue weighted by Crippen LogP contribution is -2.52. The maximum atomic E-state index is 12.8. The summed E-state index contributed by atoms with van der Waals surface area (Å²) in [6, 6.07) is 11.9. The minimum Gasteiger partial charge on any atom is -0.477 e. The molecule has 170 valence electrons. The van der Waals surface area contributed by atoms with Gasteiger partial charge in [-0.15, -0.1) is 0 Å². The van der Waals surface area contributed by atoms with Gasteiger partial charge in [-0.05, 0) is 43.5 Å². The molecule has 0 spiro atoms. The first-order valence-electron chi connectivity index (χ1n) is 10.7. The molecule has 0 aliphatic carbocycles. The van der Waals surface area contributed by atoms with Gasteiger partial charge in [0.05, 0.1) is 23.7 Å². The molecule has 2 amide bonds. The Bertz CT molecular complexity index is 1010. The van der Waals surface area contributed by atoms with E-state index in [4.69, 9.17) is 4.74 Å². The monoisotopic (exact) mass is 440 g/mol. The fraction of sp³-hybridized carbons (Fsp3) is 0.391. The first-order chi connectivity index (χ1) is 15.3. The third-order valence-electron chi connectivity index (χ3n) is 5.44. The molecule has 0 fully saturated rings. The molecule has 1 atom stereocenters.